The van der Waals surface area contributed by atoms with Crippen LogP contribution in [0.2, 0.25) is 0 Å². The normalized spacial score (nSPS) is 11.4. The minimum atomic E-state index is -3.88. The number of para-hydroxylation sites is 2. The number of fused-ring (bicyclic) bond motifs is 1. The van der Waals surface area contributed by atoms with Gasteiger partial charge in [-0.05, 0) is 54.1 Å². The highest BCUT2D eigenvalue weighted by molar-refractivity contribution is 9.10. The van der Waals surface area contributed by atoms with E-state index in [0.717, 1.165) is 10.0 Å². The second-order valence-corrected chi connectivity index (χ2v) is 9.34. The monoisotopic (exact) mass is 497 g/mol. The highest BCUT2D eigenvalue weighted by Gasteiger charge is 2.19. The molecule has 156 valence electrons. The number of nitrogens with zero attached hydrogens (tertiary/aromatic N) is 2. The lowest BCUT2D eigenvalue weighted by Crippen LogP contribution is -2.16. The van der Waals surface area contributed by atoms with Gasteiger partial charge in [0.05, 0.1) is 27.2 Å². The number of hydrogen-bond donors (Lipinski definition) is 2. The number of anilines is 1. The summed E-state index contributed by atoms with van der Waals surface area (Å²) in [5.41, 5.74) is 2.57. The van der Waals surface area contributed by atoms with E-state index in [4.69, 9.17) is 5.11 Å². The van der Waals surface area contributed by atoms with Crippen molar-refractivity contribution in [1.82, 2.24) is 9.97 Å². The number of carboxylic acid groups (broad SMARTS) is 1. The number of rotatable bonds is 6. The average molecular weight is 498 g/mol. The predicted molar refractivity (Wildman–Crippen MR) is 121 cm³/mol. The molecule has 0 aliphatic carbocycles. The van der Waals surface area contributed by atoms with Gasteiger partial charge in [0.25, 0.3) is 10.0 Å². The van der Waals surface area contributed by atoms with E-state index in [1.165, 1.54) is 24.3 Å². The van der Waals surface area contributed by atoms with Gasteiger partial charge in [-0.25, -0.2) is 23.2 Å². The summed E-state index contributed by atoms with van der Waals surface area (Å²) >= 11 is 3.29. The van der Waals surface area contributed by atoms with Gasteiger partial charge < -0.3 is 5.11 Å². The molecule has 1 heterocycles. The summed E-state index contributed by atoms with van der Waals surface area (Å²) in [5.74, 6) is -0.885. The van der Waals surface area contributed by atoms with E-state index in [1.807, 2.05) is 6.07 Å². The van der Waals surface area contributed by atoms with Gasteiger partial charge in [-0.15, -0.1) is 0 Å². The number of aromatic carboxylic acids is 1. The number of carbonyl (C=O) groups is 1. The first-order valence-electron chi connectivity index (χ1n) is 9.18. The van der Waals surface area contributed by atoms with E-state index >= 15 is 0 Å². The van der Waals surface area contributed by atoms with Gasteiger partial charge in [0.2, 0.25) is 0 Å². The maximum absolute atomic E-state index is 12.9. The number of sulfonamides is 1. The fourth-order valence-electron chi connectivity index (χ4n) is 3.00. The average Bonchev–Trinajstić information content (AvgIpc) is 2.74. The lowest BCUT2D eigenvalue weighted by Gasteiger charge is -2.13. The van der Waals surface area contributed by atoms with Crippen LogP contribution in [0.15, 0.2) is 82.2 Å². The van der Waals surface area contributed by atoms with Crippen LogP contribution in [0.25, 0.3) is 11.0 Å². The second-order valence-electron chi connectivity index (χ2n) is 6.75. The zero-order chi connectivity index (χ0) is 22.0. The number of halogens is 1. The molecule has 0 saturated carbocycles. The summed E-state index contributed by atoms with van der Waals surface area (Å²) in [6.45, 7) is 0. The van der Waals surface area contributed by atoms with Crippen LogP contribution in [0, 0.1) is 0 Å². The Hall–Kier alpha value is -3.30. The molecule has 7 nitrogen and oxygen atoms in total. The summed E-state index contributed by atoms with van der Waals surface area (Å²) in [6.07, 6.45) is 0.274. The standard InChI is InChI=1S/C22H16BrN3O4S/c23-16-9-11-17(12-10-16)31(29,30)26-21-20(24-18-3-1-2-4-19(18)25-21)13-14-5-7-15(8-6-14)22(27)28/h1-12H,13H2,(H,25,26)(H,27,28). The number of aromatic nitrogens is 2. The number of hydrogen-bond acceptors (Lipinski definition) is 5. The lowest BCUT2D eigenvalue weighted by atomic mass is 10.1. The maximum atomic E-state index is 12.9. The summed E-state index contributed by atoms with van der Waals surface area (Å²) < 4.78 is 29.1. The highest BCUT2D eigenvalue weighted by Crippen LogP contribution is 2.24. The first-order valence-corrected chi connectivity index (χ1v) is 11.5. The third-order valence-electron chi connectivity index (χ3n) is 4.57. The summed E-state index contributed by atoms with van der Waals surface area (Å²) in [4.78, 5) is 20.3. The zero-order valence-corrected chi connectivity index (χ0v) is 18.4. The van der Waals surface area contributed by atoms with E-state index in [2.05, 4.69) is 30.6 Å². The Balaban J connectivity index is 1.74. The van der Waals surface area contributed by atoms with Crippen LogP contribution < -0.4 is 4.72 Å². The number of carboxylic acids is 1. The predicted octanol–water partition coefficient (Wildman–Crippen LogP) is 4.48. The molecule has 0 aliphatic rings. The van der Waals surface area contributed by atoms with Gasteiger partial charge in [-0.2, -0.15) is 0 Å². The fourth-order valence-corrected chi connectivity index (χ4v) is 4.29. The largest absolute Gasteiger partial charge is 0.478 e. The number of benzene rings is 3. The van der Waals surface area contributed by atoms with Gasteiger partial charge in [-0.3, -0.25) is 4.72 Å². The van der Waals surface area contributed by atoms with Gasteiger partial charge in [0.15, 0.2) is 5.82 Å². The lowest BCUT2D eigenvalue weighted by molar-refractivity contribution is 0.0697. The molecule has 2 N–H and O–H groups in total. The molecular weight excluding hydrogens is 482 g/mol. The topological polar surface area (TPSA) is 109 Å². The Morgan fingerprint density at radius 3 is 2.13 bits per heavy atom. The molecule has 31 heavy (non-hydrogen) atoms. The molecule has 0 spiro atoms. The SMILES string of the molecule is O=C(O)c1ccc(Cc2nc3ccccc3nc2NS(=O)(=O)c2ccc(Br)cc2)cc1. The molecule has 0 saturated heterocycles. The van der Waals surface area contributed by atoms with Gasteiger partial charge in [0, 0.05) is 10.9 Å². The van der Waals surface area contributed by atoms with Gasteiger partial charge in [-0.1, -0.05) is 40.2 Å². The van der Waals surface area contributed by atoms with Crippen molar-refractivity contribution in [2.75, 3.05) is 4.72 Å². The minimum Gasteiger partial charge on any atom is -0.478 e. The molecule has 0 aliphatic heterocycles. The highest BCUT2D eigenvalue weighted by atomic mass is 79.9. The van der Waals surface area contributed by atoms with E-state index in [9.17, 15) is 13.2 Å². The van der Waals surface area contributed by atoms with Crippen molar-refractivity contribution in [3.05, 3.63) is 94.1 Å². The third kappa shape index (κ3) is 4.73. The fraction of sp³-hybridized carbons (Fsp3) is 0.0455. The molecule has 0 fully saturated rings. The Morgan fingerprint density at radius 2 is 1.52 bits per heavy atom. The van der Waals surface area contributed by atoms with Crippen molar-refractivity contribution in [3.63, 3.8) is 0 Å². The van der Waals surface area contributed by atoms with E-state index < -0.39 is 16.0 Å². The van der Waals surface area contributed by atoms with Crippen molar-refractivity contribution >= 4 is 48.8 Å². The van der Waals surface area contributed by atoms with Crippen molar-refractivity contribution in [3.8, 4) is 0 Å². The molecule has 0 bridgehead atoms. The molecule has 3 aromatic carbocycles. The smallest absolute Gasteiger partial charge is 0.335 e. The Morgan fingerprint density at radius 1 is 0.903 bits per heavy atom. The van der Waals surface area contributed by atoms with Gasteiger partial charge >= 0.3 is 5.97 Å². The van der Waals surface area contributed by atoms with Crippen molar-refractivity contribution in [2.24, 2.45) is 0 Å². The first kappa shape index (κ1) is 21.0. The Labute approximate surface area is 187 Å². The van der Waals surface area contributed by atoms with Crippen LogP contribution in [-0.4, -0.2) is 29.5 Å². The molecule has 0 unspecified atom stereocenters. The quantitative estimate of drug-likeness (QED) is 0.406. The van der Waals surface area contributed by atoms with Crippen molar-refractivity contribution < 1.29 is 18.3 Å². The summed E-state index contributed by atoms with van der Waals surface area (Å²) in [5, 5.41) is 9.08. The van der Waals surface area contributed by atoms with Crippen LogP contribution in [0.1, 0.15) is 21.6 Å². The molecule has 9 heteroatoms. The number of nitrogens with one attached hydrogen (secondary N) is 1. The molecule has 0 amide bonds. The van der Waals surface area contributed by atoms with Crippen molar-refractivity contribution in [1.29, 1.82) is 0 Å². The van der Waals surface area contributed by atoms with E-state index in [0.29, 0.717) is 16.7 Å². The van der Waals surface area contributed by atoms with Crippen LogP contribution >= 0.6 is 15.9 Å². The zero-order valence-electron chi connectivity index (χ0n) is 16.0. The van der Waals surface area contributed by atoms with Gasteiger partial charge in [0.1, 0.15) is 0 Å². The molecule has 1 aromatic heterocycles. The van der Waals surface area contributed by atoms with Crippen LogP contribution in [-0.2, 0) is 16.4 Å². The summed E-state index contributed by atoms with van der Waals surface area (Å²) in [6, 6.07) is 19.8. The maximum Gasteiger partial charge on any atom is 0.335 e. The Bertz CT molecular complexity index is 1370. The van der Waals surface area contributed by atoms with Crippen LogP contribution in [0.4, 0.5) is 5.82 Å². The molecule has 0 radical (unpaired) electrons. The van der Waals surface area contributed by atoms with E-state index in [1.54, 1.807) is 42.5 Å². The molecule has 0 atom stereocenters. The second kappa shape index (κ2) is 8.44. The Kier molecular flexibility index (Phi) is 5.71. The minimum absolute atomic E-state index is 0.0995. The van der Waals surface area contributed by atoms with Crippen LogP contribution in [0.5, 0.6) is 0 Å². The molecule has 4 rings (SSSR count). The summed E-state index contributed by atoms with van der Waals surface area (Å²) in [7, 11) is -3.88. The third-order valence-corrected chi connectivity index (χ3v) is 6.45. The van der Waals surface area contributed by atoms with E-state index in [-0.39, 0.29) is 22.7 Å². The first-order chi connectivity index (χ1) is 14.8. The molecule has 4 aromatic rings. The van der Waals surface area contributed by atoms with Crippen LogP contribution in [0.3, 0.4) is 0 Å². The van der Waals surface area contributed by atoms with Crippen molar-refractivity contribution in [2.45, 2.75) is 11.3 Å². The molecular formula is C22H16BrN3O4S.